The first-order chi connectivity index (χ1) is 9.92. The maximum Gasteiger partial charge on any atom is 0.0351 e. The van der Waals surface area contributed by atoms with E-state index >= 15 is 0 Å². The van der Waals surface area contributed by atoms with Gasteiger partial charge in [-0.05, 0) is 41.8 Å². The third kappa shape index (κ3) is 2.01. The van der Waals surface area contributed by atoms with Crippen LogP contribution in [0.2, 0.25) is 0 Å². The molecule has 4 atom stereocenters. The minimum Gasteiger partial charge on any atom is -0.149 e. The summed E-state index contributed by atoms with van der Waals surface area (Å²) in [6.45, 7) is 0. The van der Waals surface area contributed by atoms with E-state index in [1.165, 1.54) is 11.3 Å². The lowest BCUT2D eigenvalue weighted by Gasteiger charge is -2.22. The molecule has 2 bridgehead atoms. The van der Waals surface area contributed by atoms with Gasteiger partial charge in [-0.2, -0.15) is 0 Å². The van der Waals surface area contributed by atoms with Crippen LogP contribution in [0, 0.1) is 29.6 Å². The molecule has 1 heteroatoms. The molecule has 2 aromatic rings. The van der Waals surface area contributed by atoms with Gasteiger partial charge in [-0.15, -0.1) is 11.3 Å². The number of allylic oxidation sites excluding steroid dienone is 2. The lowest BCUT2D eigenvalue weighted by atomic mass is 9.82. The molecule has 2 aliphatic rings. The van der Waals surface area contributed by atoms with Crippen LogP contribution in [-0.4, -0.2) is 0 Å². The molecule has 1 saturated carbocycles. The number of rotatable bonds is 1. The minimum atomic E-state index is 0.490. The van der Waals surface area contributed by atoms with E-state index < -0.39 is 0 Å². The van der Waals surface area contributed by atoms with Crippen LogP contribution in [0.3, 0.4) is 0 Å². The van der Waals surface area contributed by atoms with E-state index in [4.69, 9.17) is 0 Å². The number of benzene rings is 1. The van der Waals surface area contributed by atoms with Gasteiger partial charge in [-0.1, -0.05) is 48.3 Å². The zero-order valence-corrected chi connectivity index (χ0v) is 12.0. The number of thiophene rings is 1. The molecule has 1 aromatic heterocycles. The lowest BCUT2D eigenvalue weighted by Crippen LogP contribution is -2.15. The molecule has 1 aromatic carbocycles. The molecule has 0 nitrogen and oxygen atoms in total. The SMILES string of the molecule is C(#C[C@@H]1[C@H](c2cccs2)[C@H]2C=C[C@@H]1C2)c1ccccc1. The van der Waals surface area contributed by atoms with Gasteiger partial charge >= 0.3 is 0 Å². The van der Waals surface area contributed by atoms with Crippen molar-refractivity contribution in [3.05, 3.63) is 70.4 Å². The van der Waals surface area contributed by atoms with Gasteiger partial charge in [0, 0.05) is 22.3 Å². The van der Waals surface area contributed by atoms with Crippen molar-refractivity contribution in [3.63, 3.8) is 0 Å². The first-order valence-corrected chi connectivity index (χ1v) is 8.08. The molecule has 0 aliphatic heterocycles. The standard InChI is InChI=1S/C19H16S/c1-2-5-14(6-3-1)8-11-17-15-9-10-16(13-15)19(17)18-7-4-12-20-18/h1-7,9-10,12,15-17,19H,13H2/t15-,16+,17+,19-/m1/s1. The zero-order valence-electron chi connectivity index (χ0n) is 11.2. The predicted molar refractivity (Wildman–Crippen MR) is 84.6 cm³/mol. The highest BCUT2D eigenvalue weighted by molar-refractivity contribution is 7.10. The van der Waals surface area contributed by atoms with Crippen molar-refractivity contribution in [2.45, 2.75) is 12.3 Å². The molecular formula is C19H16S. The monoisotopic (exact) mass is 276 g/mol. The van der Waals surface area contributed by atoms with E-state index in [-0.39, 0.29) is 0 Å². The summed E-state index contributed by atoms with van der Waals surface area (Å²) in [7, 11) is 0. The van der Waals surface area contributed by atoms with E-state index in [0.717, 1.165) is 5.56 Å². The van der Waals surface area contributed by atoms with Gasteiger partial charge in [0.2, 0.25) is 0 Å². The number of hydrogen-bond donors (Lipinski definition) is 0. The largest absolute Gasteiger partial charge is 0.149 e. The average molecular weight is 276 g/mol. The first-order valence-electron chi connectivity index (χ1n) is 7.20. The molecule has 4 rings (SSSR count). The second-order valence-corrected chi connectivity index (χ2v) is 6.63. The Kier molecular flexibility index (Phi) is 2.98. The Balaban J connectivity index is 1.67. The smallest absolute Gasteiger partial charge is 0.0351 e. The van der Waals surface area contributed by atoms with Gasteiger partial charge in [-0.3, -0.25) is 0 Å². The van der Waals surface area contributed by atoms with Crippen molar-refractivity contribution in [1.82, 2.24) is 0 Å². The van der Waals surface area contributed by atoms with Crippen LogP contribution in [-0.2, 0) is 0 Å². The van der Waals surface area contributed by atoms with Gasteiger partial charge in [-0.25, -0.2) is 0 Å². The van der Waals surface area contributed by atoms with E-state index in [2.05, 4.69) is 65.8 Å². The van der Waals surface area contributed by atoms with Crippen molar-refractivity contribution in [2.75, 3.05) is 0 Å². The predicted octanol–water partition coefficient (Wildman–Crippen LogP) is 4.71. The van der Waals surface area contributed by atoms with E-state index in [1.807, 2.05) is 17.4 Å². The van der Waals surface area contributed by atoms with Crippen molar-refractivity contribution in [1.29, 1.82) is 0 Å². The number of hydrogen-bond acceptors (Lipinski definition) is 1. The maximum atomic E-state index is 3.57. The van der Waals surface area contributed by atoms with E-state index in [9.17, 15) is 0 Å². The lowest BCUT2D eigenvalue weighted by molar-refractivity contribution is 0.500. The Morgan fingerprint density at radius 2 is 1.80 bits per heavy atom. The summed E-state index contributed by atoms with van der Waals surface area (Å²) in [6, 6.07) is 14.8. The maximum absolute atomic E-state index is 3.57. The third-order valence-corrected chi connectivity index (χ3v) is 5.46. The molecule has 0 unspecified atom stereocenters. The normalized spacial score (nSPS) is 30.2. The Hall–Kier alpha value is -1.78. The van der Waals surface area contributed by atoms with Crippen molar-refractivity contribution >= 4 is 11.3 Å². The van der Waals surface area contributed by atoms with Gasteiger partial charge < -0.3 is 0 Å². The van der Waals surface area contributed by atoms with Crippen LogP contribution in [0.1, 0.15) is 22.8 Å². The average Bonchev–Trinajstić information content (AvgIpc) is 3.22. The highest BCUT2D eigenvalue weighted by Gasteiger charge is 2.44. The molecular weight excluding hydrogens is 260 g/mol. The topological polar surface area (TPSA) is 0 Å². The molecule has 0 radical (unpaired) electrons. The van der Waals surface area contributed by atoms with Crippen molar-refractivity contribution < 1.29 is 0 Å². The highest BCUT2D eigenvalue weighted by atomic mass is 32.1. The van der Waals surface area contributed by atoms with E-state index in [1.54, 1.807) is 0 Å². The number of fused-ring (bicyclic) bond motifs is 2. The molecule has 1 heterocycles. The first kappa shape index (κ1) is 12.0. The molecule has 2 aliphatic carbocycles. The van der Waals surface area contributed by atoms with Crippen LogP contribution < -0.4 is 0 Å². The molecule has 0 spiro atoms. The molecule has 0 N–H and O–H groups in total. The Labute approximate surface area is 124 Å². The van der Waals surface area contributed by atoms with Gasteiger partial charge in [0.05, 0.1) is 0 Å². The fraction of sp³-hybridized carbons (Fsp3) is 0.263. The zero-order chi connectivity index (χ0) is 13.4. The summed E-state index contributed by atoms with van der Waals surface area (Å²) in [5, 5.41) is 2.19. The van der Waals surface area contributed by atoms with Crippen molar-refractivity contribution in [3.8, 4) is 11.8 Å². The summed E-state index contributed by atoms with van der Waals surface area (Å²) in [5.41, 5.74) is 1.13. The third-order valence-electron chi connectivity index (χ3n) is 4.49. The molecule has 1 fully saturated rings. The molecule has 98 valence electrons. The summed E-state index contributed by atoms with van der Waals surface area (Å²) < 4.78 is 0. The quantitative estimate of drug-likeness (QED) is 0.523. The van der Waals surface area contributed by atoms with Crippen LogP contribution in [0.4, 0.5) is 0 Å². The molecule has 0 saturated heterocycles. The summed E-state index contributed by atoms with van der Waals surface area (Å²) in [6.07, 6.45) is 6.09. The van der Waals surface area contributed by atoms with Crippen LogP contribution in [0.5, 0.6) is 0 Å². The Morgan fingerprint density at radius 3 is 2.60 bits per heavy atom. The minimum absolute atomic E-state index is 0.490. The summed E-state index contributed by atoms with van der Waals surface area (Å²) in [5.74, 6) is 9.42. The highest BCUT2D eigenvalue weighted by Crippen LogP contribution is 2.53. The summed E-state index contributed by atoms with van der Waals surface area (Å²) >= 11 is 1.88. The van der Waals surface area contributed by atoms with Gasteiger partial charge in [0.15, 0.2) is 0 Å². The summed E-state index contributed by atoms with van der Waals surface area (Å²) in [4.78, 5) is 1.51. The van der Waals surface area contributed by atoms with Crippen LogP contribution >= 0.6 is 11.3 Å². The van der Waals surface area contributed by atoms with Gasteiger partial charge in [0.25, 0.3) is 0 Å². The fourth-order valence-corrected chi connectivity index (χ4v) is 4.53. The second kappa shape index (κ2) is 4.96. The molecule has 20 heavy (non-hydrogen) atoms. The second-order valence-electron chi connectivity index (χ2n) is 5.65. The Bertz CT molecular complexity index is 670. The molecule has 0 amide bonds. The Morgan fingerprint density at radius 1 is 0.950 bits per heavy atom. The van der Waals surface area contributed by atoms with Crippen LogP contribution in [0.25, 0.3) is 0 Å². The fourth-order valence-electron chi connectivity index (χ4n) is 3.58. The van der Waals surface area contributed by atoms with E-state index in [0.29, 0.717) is 23.7 Å². The van der Waals surface area contributed by atoms with Gasteiger partial charge in [0.1, 0.15) is 0 Å². The van der Waals surface area contributed by atoms with Crippen molar-refractivity contribution in [2.24, 2.45) is 17.8 Å². The van der Waals surface area contributed by atoms with Crippen LogP contribution in [0.15, 0.2) is 60.0 Å².